The molecule has 0 aromatic carbocycles. The van der Waals surface area contributed by atoms with Gasteiger partial charge in [-0.15, -0.1) is 0 Å². The van der Waals surface area contributed by atoms with Crippen LogP contribution in [0.5, 0.6) is 0 Å². The Morgan fingerprint density at radius 3 is 0.842 bits per heavy atom. The van der Waals surface area contributed by atoms with Gasteiger partial charge in [0, 0.05) is 46.7 Å². The maximum absolute atomic E-state index is 11.9. The van der Waals surface area contributed by atoms with Crippen LogP contribution in [0.25, 0.3) is 0 Å². The molecule has 0 aliphatic rings. The highest BCUT2D eigenvalue weighted by Gasteiger charge is 2.38. The molecule has 57 heavy (non-hydrogen) atoms. The highest BCUT2D eigenvalue weighted by Crippen LogP contribution is 2.23. The average molecular weight is 945 g/mol. The molecule has 0 aromatic rings. The van der Waals surface area contributed by atoms with E-state index in [1.165, 1.54) is 0 Å². The predicted octanol–water partition coefficient (Wildman–Crippen LogP) is 3.08. The number of carbonyl (C=O) groups excluding carboxylic acids is 8. The molecular formula is C34H56O16S7. The molecule has 0 saturated heterocycles. The second-order valence-electron chi connectivity index (χ2n) is 11.6. The lowest BCUT2D eigenvalue weighted by Crippen LogP contribution is -2.44. The predicted molar refractivity (Wildman–Crippen MR) is 232 cm³/mol. The number of carbonyl (C=O) groups is 8. The minimum absolute atomic E-state index is 0.0110. The van der Waals surface area contributed by atoms with Gasteiger partial charge in [-0.1, -0.05) is 6.92 Å². The number of hydrogen-bond acceptors (Lipinski definition) is 23. The van der Waals surface area contributed by atoms with Gasteiger partial charge in [0.25, 0.3) is 0 Å². The summed E-state index contributed by atoms with van der Waals surface area (Å²) in [6.07, 6.45) is -1.12. The molecular weight excluding hydrogens is 889 g/mol. The van der Waals surface area contributed by atoms with Crippen LogP contribution in [0.3, 0.4) is 0 Å². The molecule has 0 rings (SSSR count). The Labute approximate surface area is 372 Å². The summed E-state index contributed by atoms with van der Waals surface area (Å²) in [4.78, 5) is 94.2. The molecule has 2 atom stereocenters. The summed E-state index contributed by atoms with van der Waals surface area (Å²) in [6, 6.07) is 0. The van der Waals surface area contributed by atoms with Crippen LogP contribution >= 0.6 is 88.4 Å². The Hall–Kier alpha value is -1.79. The number of ether oxygens (including phenoxy) is 8. The lowest BCUT2D eigenvalue weighted by Gasteiger charge is -2.31. The van der Waals surface area contributed by atoms with Gasteiger partial charge in [-0.05, 0) is 6.42 Å². The molecule has 0 aliphatic heterocycles. The first-order valence-electron chi connectivity index (χ1n) is 17.8. The van der Waals surface area contributed by atoms with Crippen LogP contribution in [-0.2, 0) is 76.3 Å². The van der Waals surface area contributed by atoms with Crippen LogP contribution in [-0.4, -0.2) is 140 Å². The van der Waals surface area contributed by atoms with Gasteiger partial charge in [-0.2, -0.15) is 88.4 Å². The molecule has 0 aliphatic carbocycles. The summed E-state index contributed by atoms with van der Waals surface area (Å²) in [6.45, 7) is 0.00185. The highest BCUT2D eigenvalue weighted by atomic mass is 32.1. The largest absolute Gasteiger partial charge is 0.465 e. The van der Waals surface area contributed by atoms with Crippen LogP contribution in [0.4, 0.5) is 0 Å². The molecule has 0 spiro atoms. The van der Waals surface area contributed by atoms with Crippen molar-refractivity contribution in [2.45, 2.75) is 76.9 Å². The molecule has 23 heteroatoms. The summed E-state index contributed by atoms with van der Waals surface area (Å²) < 4.78 is 41.6. The van der Waals surface area contributed by atoms with Crippen LogP contribution < -0.4 is 0 Å². The fraction of sp³-hybridized carbons (Fsp3) is 0.765. The van der Waals surface area contributed by atoms with Crippen molar-refractivity contribution in [1.82, 2.24) is 0 Å². The van der Waals surface area contributed by atoms with E-state index in [1.54, 1.807) is 0 Å². The monoisotopic (exact) mass is 944 g/mol. The van der Waals surface area contributed by atoms with Crippen LogP contribution in [0.2, 0.25) is 0 Å². The van der Waals surface area contributed by atoms with Crippen LogP contribution in [0, 0.1) is 5.41 Å². The fourth-order valence-corrected chi connectivity index (χ4v) is 4.98. The van der Waals surface area contributed by atoms with E-state index in [4.69, 9.17) is 37.9 Å². The Morgan fingerprint density at radius 1 is 0.368 bits per heavy atom. The maximum atomic E-state index is 11.9. The lowest BCUT2D eigenvalue weighted by atomic mass is 9.92. The number of rotatable bonds is 31. The third-order valence-electron chi connectivity index (χ3n) is 6.62. The zero-order chi connectivity index (χ0) is 43.5. The van der Waals surface area contributed by atoms with E-state index in [0.717, 1.165) is 0 Å². The van der Waals surface area contributed by atoms with E-state index in [1.807, 2.05) is 6.92 Å². The molecule has 2 unspecified atom stereocenters. The van der Waals surface area contributed by atoms with Crippen molar-refractivity contribution in [3.63, 3.8) is 0 Å². The van der Waals surface area contributed by atoms with Crippen molar-refractivity contribution < 1.29 is 76.3 Å². The summed E-state index contributed by atoms with van der Waals surface area (Å²) in [5.74, 6) is -2.43. The van der Waals surface area contributed by atoms with Gasteiger partial charge in [0.2, 0.25) is 0 Å². The van der Waals surface area contributed by atoms with Gasteiger partial charge in [-0.3, -0.25) is 38.4 Å². The van der Waals surface area contributed by atoms with Crippen molar-refractivity contribution in [1.29, 1.82) is 0 Å². The van der Waals surface area contributed by atoms with E-state index in [9.17, 15) is 38.4 Å². The van der Waals surface area contributed by atoms with Gasteiger partial charge >= 0.3 is 47.8 Å². The van der Waals surface area contributed by atoms with Gasteiger partial charge in [0.05, 0.1) is 44.9 Å². The number of hydrogen-bond donors (Lipinski definition) is 7. The second-order valence-corrected chi connectivity index (χ2v) is 14.8. The maximum Gasteiger partial charge on any atom is 0.307 e. The lowest BCUT2D eigenvalue weighted by molar-refractivity contribution is -0.182. The first kappa shape index (κ1) is 57.3. The van der Waals surface area contributed by atoms with Gasteiger partial charge in [0.1, 0.15) is 45.1 Å². The molecule has 0 amide bonds. The molecule has 330 valence electrons. The second kappa shape index (κ2) is 37.2. The van der Waals surface area contributed by atoms with Gasteiger partial charge in [-0.25, -0.2) is 0 Å². The highest BCUT2D eigenvalue weighted by molar-refractivity contribution is 7.81. The standard InChI is InChI=1S/C17H28O8S4.C17H28O8S3/c18-13(1-5-26)22-9-17(10-23-14(19)2-6-27,11-24-15(20)3-7-28)12-25-16(21)4-8-29;1-2-3-14(18)22-10-12(24-16(20)5-8-27)13(25-17(21)6-9-28)11-23-15(19)4-7-26/h26-29H,1-12H2;12-13,26-28H,2-11H2,1H3. The molecule has 0 saturated carbocycles. The molecule has 16 nitrogen and oxygen atoms in total. The molecule has 0 fully saturated rings. The van der Waals surface area contributed by atoms with Crippen molar-refractivity contribution in [3.8, 4) is 0 Å². The Bertz CT molecular complexity index is 1070. The van der Waals surface area contributed by atoms with Crippen molar-refractivity contribution in [3.05, 3.63) is 0 Å². The summed E-state index contributed by atoms with van der Waals surface area (Å²) in [5.41, 5.74) is -1.25. The molecule has 0 heterocycles. The number of thiol groups is 7. The van der Waals surface area contributed by atoms with Crippen molar-refractivity contribution >= 4 is 136 Å². The first-order valence-corrected chi connectivity index (χ1v) is 22.2. The topological polar surface area (TPSA) is 210 Å². The Kier molecular flexibility index (Phi) is 37.4. The number of esters is 8. The van der Waals surface area contributed by atoms with Crippen LogP contribution in [0.1, 0.15) is 64.7 Å². The van der Waals surface area contributed by atoms with E-state index < -0.39 is 65.4 Å². The minimum Gasteiger partial charge on any atom is -0.465 e. The zero-order valence-electron chi connectivity index (χ0n) is 31.9. The summed E-state index contributed by atoms with van der Waals surface area (Å²) in [7, 11) is 0. The Morgan fingerprint density at radius 2 is 0.596 bits per heavy atom. The SMILES string of the molecule is CCCC(=O)OCC(OC(=O)CCS)C(COC(=O)CCS)OC(=O)CCS.O=C(CCS)OCC(COC(=O)CCS)(COC(=O)CCS)COC(=O)CCS. The van der Waals surface area contributed by atoms with Gasteiger partial charge in [0.15, 0.2) is 12.2 Å². The molecule has 0 N–H and O–H groups in total. The summed E-state index contributed by atoms with van der Waals surface area (Å²) >= 11 is 27.7. The smallest absolute Gasteiger partial charge is 0.307 e. The van der Waals surface area contributed by atoms with Crippen LogP contribution in [0.15, 0.2) is 0 Å². The van der Waals surface area contributed by atoms with Gasteiger partial charge < -0.3 is 37.9 Å². The first-order chi connectivity index (χ1) is 27.2. The van der Waals surface area contributed by atoms with E-state index in [-0.39, 0.29) is 131 Å². The Balaban J connectivity index is 0. The minimum atomic E-state index is -1.25. The van der Waals surface area contributed by atoms with E-state index >= 15 is 0 Å². The third kappa shape index (κ3) is 31.8. The molecule has 0 bridgehead atoms. The van der Waals surface area contributed by atoms with E-state index in [2.05, 4.69) is 88.4 Å². The van der Waals surface area contributed by atoms with Crippen molar-refractivity contribution in [2.24, 2.45) is 5.41 Å². The van der Waals surface area contributed by atoms with Crippen molar-refractivity contribution in [2.75, 3.05) is 79.9 Å². The van der Waals surface area contributed by atoms with E-state index in [0.29, 0.717) is 6.42 Å². The quantitative estimate of drug-likeness (QED) is 0.0303. The fourth-order valence-electron chi connectivity index (χ4n) is 3.70. The summed E-state index contributed by atoms with van der Waals surface area (Å²) in [5, 5.41) is 0. The average Bonchev–Trinajstić information content (AvgIpc) is 3.15. The normalized spacial score (nSPS) is 11.7. The molecule has 0 aromatic heterocycles. The third-order valence-corrected chi connectivity index (χ3v) is 8.19. The zero-order valence-corrected chi connectivity index (χ0v) is 38.1. The molecule has 0 radical (unpaired) electrons.